The van der Waals surface area contributed by atoms with Crippen molar-refractivity contribution in [2.24, 2.45) is 0 Å². The van der Waals surface area contributed by atoms with Crippen LogP contribution in [0.4, 0.5) is 0 Å². The first-order chi connectivity index (χ1) is 6.57. The molecular formula is C9H14N2O3. The number of pyridine rings is 1. The van der Waals surface area contributed by atoms with E-state index in [-0.39, 0.29) is 0 Å². The molecule has 0 fully saturated rings. The fourth-order valence-corrected chi connectivity index (χ4v) is 0.917. The molecule has 14 heavy (non-hydrogen) atoms. The van der Waals surface area contributed by atoms with Crippen molar-refractivity contribution >= 4 is 0 Å². The first-order valence-corrected chi connectivity index (χ1v) is 4.35. The summed E-state index contributed by atoms with van der Waals surface area (Å²) in [7, 11) is 0. The maximum Gasteiger partial charge on any atom is 0.169 e. The van der Waals surface area contributed by atoms with Crippen LogP contribution >= 0.6 is 0 Å². The van der Waals surface area contributed by atoms with E-state index in [9.17, 15) is 0 Å². The predicted molar refractivity (Wildman–Crippen MR) is 52.0 cm³/mol. The highest BCUT2D eigenvalue weighted by Gasteiger charge is 2.05. The van der Waals surface area contributed by atoms with Crippen LogP contribution in [-0.4, -0.2) is 5.09 Å². The Hall–Kier alpha value is -1.65. The van der Waals surface area contributed by atoms with Crippen LogP contribution in [-0.2, 0) is 0 Å². The molecule has 0 saturated carbocycles. The summed E-state index contributed by atoms with van der Waals surface area (Å²) < 4.78 is 2.22. The van der Waals surface area contributed by atoms with Crippen molar-refractivity contribution in [1.82, 2.24) is 0 Å². The molecule has 0 aromatic carbocycles. The van der Waals surface area contributed by atoms with E-state index in [1.165, 1.54) is 6.42 Å². The number of rotatable bonds is 2. The summed E-state index contributed by atoms with van der Waals surface area (Å²) >= 11 is 0. The Kier molecular flexibility index (Phi) is 6.02. The van der Waals surface area contributed by atoms with Crippen molar-refractivity contribution in [3.63, 3.8) is 0 Å². The van der Waals surface area contributed by atoms with Crippen LogP contribution in [0.5, 0.6) is 0 Å². The van der Waals surface area contributed by atoms with Gasteiger partial charge in [-0.2, -0.15) is 0 Å². The van der Waals surface area contributed by atoms with Gasteiger partial charge in [0.2, 0.25) is 0 Å². The summed E-state index contributed by atoms with van der Waals surface area (Å²) in [6.07, 6.45) is 5.40. The first-order valence-electron chi connectivity index (χ1n) is 4.35. The van der Waals surface area contributed by atoms with Crippen LogP contribution in [0.1, 0.15) is 26.3 Å². The molecule has 1 rings (SSSR count). The zero-order valence-corrected chi connectivity index (χ0v) is 8.29. The molecule has 0 aliphatic heterocycles. The average molecular weight is 198 g/mol. The van der Waals surface area contributed by atoms with Crippen molar-refractivity contribution in [3.8, 4) is 0 Å². The van der Waals surface area contributed by atoms with Crippen LogP contribution in [0.15, 0.2) is 30.6 Å². The summed E-state index contributed by atoms with van der Waals surface area (Å²) in [6.45, 7) is 4.42. The second-order valence-corrected chi connectivity index (χ2v) is 2.80. The van der Waals surface area contributed by atoms with Gasteiger partial charge in [0.15, 0.2) is 18.4 Å². The molecule has 1 aromatic rings. The standard InChI is InChI=1S/C9H14N.NO3/c1-3-9(2)10-7-5-4-6-8-10;2-1(3)4/h4-9H,3H2,1-2H3;/q+1;-1. The van der Waals surface area contributed by atoms with Gasteiger partial charge in [-0.05, 0) is 6.92 Å². The number of hydrogen-bond acceptors (Lipinski definition) is 3. The molecule has 0 radical (unpaired) electrons. The summed E-state index contributed by atoms with van der Waals surface area (Å²) in [4.78, 5) is 8.25. The van der Waals surface area contributed by atoms with Gasteiger partial charge in [-0.15, -0.1) is 0 Å². The Balaban J connectivity index is 0.000000364. The minimum Gasteiger partial charge on any atom is -0.356 e. The lowest BCUT2D eigenvalue weighted by molar-refractivity contribution is -0.720. The third-order valence-electron chi connectivity index (χ3n) is 1.84. The molecule has 1 aromatic heterocycles. The van der Waals surface area contributed by atoms with Crippen molar-refractivity contribution in [2.45, 2.75) is 26.3 Å². The quantitative estimate of drug-likeness (QED) is 0.412. The average Bonchev–Trinajstić information content (AvgIpc) is 2.17. The van der Waals surface area contributed by atoms with E-state index in [1.54, 1.807) is 0 Å². The summed E-state index contributed by atoms with van der Waals surface area (Å²) in [5.74, 6) is 0. The van der Waals surface area contributed by atoms with Crippen molar-refractivity contribution in [3.05, 3.63) is 45.9 Å². The first kappa shape index (κ1) is 12.3. The van der Waals surface area contributed by atoms with Gasteiger partial charge in [-0.25, -0.2) is 4.57 Å². The van der Waals surface area contributed by atoms with Crippen molar-refractivity contribution in [2.75, 3.05) is 0 Å². The van der Waals surface area contributed by atoms with E-state index < -0.39 is 5.09 Å². The fraction of sp³-hybridized carbons (Fsp3) is 0.444. The Morgan fingerprint density at radius 2 is 1.71 bits per heavy atom. The minimum atomic E-state index is -1.75. The van der Waals surface area contributed by atoms with Gasteiger partial charge in [0.25, 0.3) is 0 Å². The Labute approximate surface area is 82.7 Å². The van der Waals surface area contributed by atoms with E-state index in [0.29, 0.717) is 6.04 Å². The molecule has 5 nitrogen and oxygen atoms in total. The van der Waals surface area contributed by atoms with Crippen molar-refractivity contribution < 1.29 is 9.65 Å². The lowest BCUT2D eigenvalue weighted by Crippen LogP contribution is -2.36. The lowest BCUT2D eigenvalue weighted by Gasteiger charge is -2.00. The van der Waals surface area contributed by atoms with E-state index in [1.807, 2.05) is 6.07 Å². The minimum absolute atomic E-state index is 0.626. The predicted octanol–water partition coefficient (Wildman–Crippen LogP) is 1.71. The zero-order valence-electron chi connectivity index (χ0n) is 8.29. The molecule has 78 valence electrons. The van der Waals surface area contributed by atoms with Crippen molar-refractivity contribution in [1.29, 1.82) is 0 Å². The van der Waals surface area contributed by atoms with Crippen LogP contribution < -0.4 is 4.57 Å². The second kappa shape index (κ2) is 6.82. The molecular weight excluding hydrogens is 184 g/mol. The van der Waals surface area contributed by atoms with Gasteiger partial charge in [-0.3, -0.25) is 0 Å². The van der Waals surface area contributed by atoms with E-state index in [0.717, 1.165) is 0 Å². The Bertz CT molecular complexity index is 260. The summed E-state index contributed by atoms with van der Waals surface area (Å²) in [6, 6.07) is 6.79. The Morgan fingerprint density at radius 1 is 1.29 bits per heavy atom. The van der Waals surface area contributed by atoms with Gasteiger partial charge in [-0.1, -0.05) is 13.0 Å². The van der Waals surface area contributed by atoms with Crippen LogP contribution in [0.25, 0.3) is 0 Å². The molecule has 0 saturated heterocycles. The fourth-order valence-electron chi connectivity index (χ4n) is 0.917. The molecule has 1 atom stereocenters. The molecule has 0 aliphatic rings. The number of nitrogens with zero attached hydrogens (tertiary/aromatic N) is 2. The highest BCUT2D eigenvalue weighted by Crippen LogP contribution is 1.97. The van der Waals surface area contributed by atoms with Gasteiger partial charge >= 0.3 is 0 Å². The van der Waals surface area contributed by atoms with Gasteiger partial charge < -0.3 is 15.3 Å². The van der Waals surface area contributed by atoms with Crippen LogP contribution in [0, 0.1) is 15.3 Å². The highest BCUT2D eigenvalue weighted by atomic mass is 16.9. The second-order valence-electron chi connectivity index (χ2n) is 2.80. The summed E-state index contributed by atoms with van der Waals surface area (Å²) in [5.41, 5.74) is 0. The van der Waals surface area contributed by atoms with E-state index in [4.69, 9.17) is 15.3 Å². The number of aromatic nitrogens is 1. The normalized spacial score (nSPS) is 11.0. The van der Waals surface area contributed by atoms with Gasteiger partial charge in [0.05, 0.1) is 5.09 Å². The molecule has 0 N–H and O–H groups in total. The maximum atomic E-state index is 8.25. The molecule has 0 bridgehead atoms. The molecule has 5 heteroatoms. The zero-order chi connectivity index (χ0) is 11.0. The van der Waals surface area contributed by atoms with Crippen LogP contribution in [0.2, 0.25) is 0 Å². The molecule has 1 heterocycles. The monoisotopic (exact) mass is 198 g/mol. The lowest BCUT2D eigenvalue weighted by atomic mass is 10.2. The smallest absolute Gasteiger partial charge is 0.169 e. The van der Waals surface area contributed by atoms with E-state index >= 15 is 0 Å². The molecule has 0 aliphatic carbocycles. The molecule has 0 amide bonds. The third-order valence-corrected chi connectivity index (χ3v) is 1.84. The molecule has 1 unspecified atom stereocenters. The third kappa shape index (κ3) is 5.93. The van der Waals surface area contributed by atoms with Crippen LogP contribution in [0.3, 0.4) is 0 Å². The highest BCUT2D eigenvalue weighted by molar-refractivity contribution is 4.83. The molecule has 0 spiro atoms. The van der Waals surface area contributed by atoms with Gasteiger partial charge in [0, 0.05) is 18.6 Å². The maximum absolute atomic E-state index is 8.25. The Morgan fingerprint density at radius 3 is 2.07 bits per heavy atom. The largest absolute Gasteiger partial charge is 0.356 e. The van der Waals surface area contributed by atoms with Gasteiger partial charge in [0.1, 0.15) is 0 Å². The SMILES string of the molecule is CCC(C)[n+]1ccccc1.O=[N+]([O-])[O-]. The topological polar surface area (TPSA) is 70.1 Å². The van der Waals surface area contributed by atoms with E-state index in [2.05, 4.69) is 42.9 Å². The number of hydrogen-bond donors (Lipinski definition) is 0. The summed E-state index contributed by atoms with van der Waals surface area (Å²) in [5, 5.41) is 14.8.